The van der Waals surface area contributed by atoms with Crippen molar-refractivity contribution in [2.24, 2.45) is 10.7 Å². The molecular formula is C14H16N4O5. The summed E-state index contributed by atoms with van der Waals surface area (Å²) in [7, 11) is 0. The number of nitrogens with zero attached hydrogens (tertiary/aromatic N) is 2. The van der Waals surface area contributed by atoms with Crippen LogP contribution >= 0.6 is 0 Å². The van der Waals surface area contributed by atoms with Gasteiger partial charge in [0, 0.05) is 6.20 Å². The number of amides is 3. The van der Waals surface area contributed by atoms with Crippen LogP contribution < -0.4 is 11.1 Å². The summed E-state index contributed by atoms with van der Waals surface area (Å²) in [6, 6.07) is -1.46. The Morgan fingerprint density at radius 1 is 1.48 bits per heavy atom. The third-order valence-corrected chi connectivity index (χ3v) is 3.60. The molecule has 0 radical (unpaired) electrons. The van der Waals surface area contributed by atoms with E-state index >= 15 is 0 Å². The molecule has 2 atom stereocenters. The van der Waals surface area contributed by atoms with Crippen molar-refractivity contribution >= 4 is 29.5 Å². The minimum Gasteiger partial charge on any atom is -0.480 e. The van der Waals surface area contributed by atoms with Crippen molar-refractivity contribution in [1.82, 2.24) is 10.2 Å². The van der Waals surface area contributed by atoms with E-state index in [0.717, 1.165) is 0 Å². The van der Waals surface area contributed by atoms with Crippen LogP contribution in [0, 0.1) is 0 Å². The zero-order valence-corrected chi connectivity index (χ0v) is 12.4. The first kappa shape index (κ1) is 16.4. The van der Waals surface area contributed by atoms with Crippen LogP contribution in [0.4, 0.5) is 0 Å². The van der Waals surface area contributed by atoms with E-state index in [0.29, 0.717) is 5.84 Å². The number of aliphatic imine (C=N–C) groups is 1. The summed E-state index contributed by atoms with van der Waals surface area (Å²) in [5, 5.41) is 11.4. The molecule has 0 spiro atoms. The standard InChI is InChI=1S/C14H16N4O5/c1-14(13(23)16-8(12(21)22)6-9(15)19)7-11(20)17-10-4-2-3-5-18(10)14/h2-5,8H,6-7H2,1H3,(H2,15,19)(H,16,23)(H,21,22). The molecule has 122 valence electrons. The van der Waals surface area contributed by atoms with Gasteiger partial charge in [-0.3, -0.25) is 14.4 Å². The number of aliphatic carboxylic acids is 1. The third-order valence-electron chi connectivity index (χ3n) is 3.60. The minimum atomic E-state index is -1.46. The highest BCUT2D eigenvalue weighted by atomic mass is 16.4. The van der Waals surface area contributed by atoms with E-state index in [-0.39, 0.29) is 6.42 Å². The van der Waals surface area contributed by atoms with Gasteiger partial charge < -0.3 is 21.1 Å². The summed E-state index contributed by atoms with van der Waals surface area (Å²) in [5.41, 5.74) is 3.64. The normalized spacial score (nSPS) is 23.8. The molecule has 4 N–H and O–H groups in total. The van der Waals surface area contributed by atoms with Gasteiger partial charge in [-0.1, -0.05) is 6.08 Å². The maximum absolute atomic E-state index is 12.6. The van der Waals surface area contributed by atoms with Crippen molar-refractivity contribution < 1.29 is 24.3 Å². The van der Waals surface area contributed by atoms with E-state index in [4.69, 9.17) is 10.8 Å². The van der Waals surface area contributed by atoms with Crippen LogP contribution in [-0.4, -0.2) is 51.1 Å². The summed E-state index contributed by atoms with van der Waals surface area (Å²) < 4.78 is 0. The van der Waals surface area contributed by atoms with Gasteiger partial charge in [0.2, 0.25) is 11.8 Å². The summed E-state index contributed by atoms with van der Waals surface area (Å²) in [4.78, 5) is 51.8. The second kappa shape index (κ2) is 6.03. The molecule has 0 saturated heterocycles. The van der Waals surface area contributed by atoms with Crippen molar-refractivity contribution in [3.8, 4) is 0 Å². The Bertz CT molecular complexity index is 666. The molecule has 0 aromatic carbocycles. The second-order valence-corrected chi connectivity index (χ2v) is 5.42. The van der Waals surface area contributed by atoms with Crippen molar-refractivity contribution in [2.45, 2.75) is 31.3 Å². The Hall–Kier alpha value is -2.97. The van der Waals surface area contributed by atoms with Crippen molar-refractivity contribution in [3.05, 3.63) is 24.4 Å². The average Bonchev–Trinajstić information content (AvgIpc) is 2.45. The minimum absolute atomic E-state index is 0.219. The molecule has 2 aliphatic rings. The number of nitrogens with one attached hydrogen (secondary N) is 1. The fourth-order valence-electron chi connectivity index (χ4n) is 2.39. The lowest BCUT2D eigenvalue weighted by Crippen LogP contribution is -2.62. The predicted octanol–water partition coefficient (Wildman–Crippen LogP) is -1.10. The Kier molecular flexibility index (Phi) is 4.30. The van der Waals surface area contributed by atoms with Crippen LogP contribution in [0.5, 0.6) is 0 Å². The van der Waals surface area contributed by atoms with Gasteiger partial charge in [-0.25, -0.2) is 4.79 Å². The fourth-order valence-corrected chi connectivity index (χ4v) is 2.39. The number of hydrogen-bond donors (Lipinski definition) is 3. The van der Waals surface area contributed by atoms with E-state index in [2.05, 4.69) is 10.3 Å². The highest BCUT2D eigenvalue weighted by molar-refractivity contribution is 6.10. The van der Waals surface area contributed by atoms with Crippen LogP contribution in [0.15, 0.2) is 29.4 Å². The van der Waals surface area contributed by atoms with Gasteiger partial charge >= 0.3 is 5.97 Å². The van der Waals surface area contributed by atoms with Gasteiger partial charge in [0.1, 0.15) is 17.4 Å². The van der Waals surface area contributed by atoms with E-state index < -0.39 is 41.7 Å². The molecule has 0 aliphatic carbocycles. The molecule has 9 heteroatoms. The molecule has 0 bridgehead atoms. The molecule has 0 fully saturated rings. The van der Waals surface area contributed by atoms with Gasteiger partial charge in [0.25, 0.3) is 5.91 Å². The number of primary amides is 1. The van der Waals surface area contributed by atoms with Gasteiger partial charge in [-0.05, 0) is 19.1 Å². The summed E-state index contributed by atoms with van der Waals surface area (Å²) in [6.45, 7) is 1.50. The molecule has 2 unspecified atom stereocenters. The first-order valence-electron chi connectivity index (χ1n) is 6.82. The van der Waals surface area contributed by atoms with Gasteiger partial charge in [-0.2, -0.15) is 4.99 Å². The molecule has 0 aromatic rings. The summed E-state index contributed by atoms with van der Waals surface area (Å²) in [5.74, 6) is -3.14. The van der Waals surface area contributed by atoms with Crippen LogP contribution in [0.1, 0.15) is 19.8 Å². The van der Waals surface area contributed by atoms with Gasteiger partial charge in [0.05, 0.1) is 12.8 Å². The monoisotopic (exact) mass is 320 g/mol. The highest BCUT2D eigenvalue weighted by Crippen LogP contribution is 2.28. The zero-order valence-electron chi connectivity index (χ0n) is 12.4. The third kappa shape index (κ3) is 3.28. The number of carbonyl (C=O) groups is 4. The smallest absolute Gasteiger partial charge is 0.326 e. The molecule has 3 amide bonds. The number of carboxylic acid groups (broad SMARTS) is 1. The predicted molar refractivity (Wildman–Crippen MR) is 79.0 cm³/mol. The van der Waals surface area contributed by atoms with Crippen LogP contribution in [0.2, 0.25) is 0 Å². The molecule has 9 nitrogen and oxygen atoms in total. The molecular weight excluding hydrogens is 304 g/mol. The van der Waals surface area contributed by atoms with Crippen LogP contribution in [-0.2, 0) is 19.2 Å². The van der Waals surface area contributed by atoms with E-state index in [9.17, 15) is 19.2 Å². The molecule has 2 aliphatic heterocycles. The largest absolute Gasteiger partial charge is 0.480 e. The number of carboxylic acids is 1. The number of fused-ring (bicyclic) bond motifs is 1. The Morgan fingerprint density at radius 3 is 2.78 bits per heavy atom. The quantitative estimate of drug-likeness (QED) is 0.587. The van der Waals surface area contributed by atoms with Crippen LogP contribution in [0.3, 0.4) is 0 Å². The second-order valence-electron chi connectivity index (χ2n) is 5.42. The Morgan fingerprint density at radius 2 is 2.17 bits per heavy atom. The lowest BCUT2D eigenvalue weighted by Gasteiger charge is -2.42. The topological polar surface area (TPSA) is 142 Å². The van der Waals surface area contributed by atoms with Crippen LogP contribution in [0.25, 0.3) is 0 Å². The number of allylic oxidation sites excluding steroid dienone is 2. The molecule has 0 saturated carbocycles. The zero-order chi connectivity index (χ0) is 17.2. The number of hydrogen-bond acceptors (Lipinski definition) is 5. The SMILES string of the molecule is CC1(C(=O)NC(CC(N)=O)C(=O)O)CC(=O)N=C2C=CC=CN21. The number of nitrogens with two attached hydrogens (primary N) is 1. The lowest BCUT2D eigenvalue weighted by molar-refractivity contribution is -0.145. The first-order chi connectivity index (χ1) is 10.7. The average molecular weight is 320 g/mol. The number of carbonyl (C=O) groups excluding carboxylic acids is 3. The van der Waals surface area contributed by atoms with E-state index in [1.807, 2.05) is 0 Å². The van der Waals surface area contributed by atoms with E-state index in [1.54, 1.807) is 24.4 Å². The molecule has 2 rings (SSSR count). The Labute approximate surface area is 131 Å². The van der Waals surface area contributed by atoms with Gasteiger partial charge in [0.15, 0.2) is 0 Å². The summed E-state index contributed by atoms with van der Waals surface area (Å²) in [6.07, 6.45) is 5.72. The lowest BCUT2D eigenvalue weighted by atomic mass is 9.90. The van der Waals surface area contributed by atoms with Crippen molar-refractivity contribution in [2.75, 3.05) is 0 Å². The van der Waals surface area contributed by atoms with Gasteiger partial charge in [-0.15, -0.1) is 0 Å². The van der Waals surface area contributed by atoms with Crippen molar-refractivity contribution in [1.29, 1.82) is 0 Å². The number of amidine groups is 1. The first-order valence-corrected chi connectivity index (χ1v) is 6.82. The fraction of sp³-hybridized carbons (Fsp3) is 0.357. The molecule has 0 aromatic heterocycles. The summed E-state index contributed by atoms with van der Waals surface area (Å²) >= 11 is 0. The maximum Gasteiger partial charge on any atom is 0.326 e. The highest BCUT2D eigenvalue weighted by Gasteiger charge is 2.46. The van der Waals surface area contributed by atoms with E-state index in [1.165, 1.54) is 11.8 Å². The van der Waals surface area contributed by atoms with Crippen molar-refractivity contribution in [3.63, 3.8) is 0 Å². The number of rotatable bonds is 5. The maximum atomic E-state index is 12.6. The molecule has 23 heavy (non-hydrogen) atoms. The Balaban J connectivity index is 2.26. The molecule has 2 heterocycles.